The third-order valence-corrected chi connectivity index (χ3v) is 2.77. The first kappa shape index (κ1) is 10.2. The van der Waals surface area contributed by atoms with E-state index in [2.05, 4.69) is 0 Å². The average Bonchev–Trinajstić information content (AvgIpc) is 2.62. The highest BCUT2D eigenvalue weighted by atomic mass is 16.2. The summed E-state index contributed by atoms with van der Waals surface area (Å²) in [6.07, 6.45) is 3.55. The normalized spacial score (nSPS) is 24.5. The van der Waals surface area contributed by atoms with E-state index in [-0.39, 0.29) is 17.9 Å². The van der Waals surface area contributed by atoms with Crippen molar-refractivity contribution in [3.8, 4) is 0 Å². The third kappa shape index (κ3) is 2.08. The van der Waals surface area contributed by atoms with Crippen LogP contribution in [0.4, 0.5) is 0 Å². The first-order valence-electron chi connectivity index (χ1n) is 4.96. The van der Waals surface area contributed by atoms with Crippen molar-refractivity contribution in [1.29, 1.82) is 0 Å². The maximum atomic E-state index is 11.7. The molecule has 1 unspecified atom stereocenters. The van der Waals surface area contributed by atoms with Crippen LogP contribution in [0.2, 0.25) is 0 Å². The van der Waals surface area contributed by atoms with Gasteiger partial charge in [-0.3, -0.25) is 4.79 Å². The molecule has 2 atom stereocenters. The Morgan fingerprint density at radius 3 is 2.92 bits per heavy atom. The molecule has 0 bridgehead atoms. The summed E-state index contributed by atoms with van der Waals surface area (Å²) in [6, 6.07) is -0.151. The summed E-state index contributed by atoms with van der Waals surface area (Å²) >= 11 is 0. The van der Waals surface area contributed by atoms with E-state index in [4.69, 9.17) is 0 Å². The zero-order chi connectivity index (χ0) is 9.84. The lowest BCUT2D eigenvalue weighted by atomic mass is 10.1. The monoisotopic (exact) mass is 183 g/mol. The summed E-state index contributed by atoms with van der Waals surface area (Å²) in [6.45, 7) is 4.67. The number of nitrogens with zero attached hydrogens (tertiary/aromatic N) is 1. The molecule has 0 spiro atoms. The molecule has 13 heavy (non-hydrogen) atoms. The molecule has 1 aliphatic rings. The summed E-state index contributed by atoms with van der Waals surface area (Å²) in [5, 5.41) is 0. The highest BCUT2D eigenvalue weighted by molar-refractivity contribution is 5.82. The zero-order valence-corrected chi connectivity index (χ0v) is 8.32. The molecule has 0 radical (unpaired) electrons. The SMILES string of the molecule is CCC(C)C(=O)N1CCC[C@H]1C=O. The topological polar surface area (TPSA) is 37.4 Å². The highest BCUT2D eigenvalue weighted by Gasteiger charge is 2.30. The minimum Gasteiger partial charge on any atom is -0.333 e. The molecule has 1 saturated heterocycles. The first-order valence-corrected chi connectivity index (χ1v) is 4.96. The van der Waals surface area contributed by atoms with Gasteiger partial charge in [0.15, 0.2) is 0 Å². The second-order valence-electron chi connectivity index (χ2n) is 3.69. The van der Waals surface area contributed by atoms with Gasteiger partial charge in [0.2, 0.25) is 5.91 Å². The van der Waals surface area contributed by atoms with E-state index < -0.39 is 0 Å². The summed E-state index contributed by atoms with van der Waals surface area (Å²) in [7, 11) is 0. The fourth-order valence-electron chi connectivity index (χ4n) is 1.67. The van der Waals surface area contributed by atoms with Crippen molar-refractivity contribution < 1.29 is 9.59 Å². The van der Waals surface area contributed by atoms with Gasteiger partial charge in [-0.05, 0) is 19.3 Å². The van der Waals surface area contributed by atoms with Crippen LogP contribution in [-0.2, 0) is 9.59 Å². The lowest BCUT2D eigenvalue weighted by molar-refractivity contribution is -0.138. The van der Waals surface area contributed by atoms with Gasteiger partial charge in [-0.25, -0.2) is 0 Å². The molecule has 0 aromatic heterocycles. The largest absolute Gasteiger partial charge is 0.333 e. The smallest absolute Gasteiger partial charge is 0.225 e. The van der Waals surface area contributed by atoms with Crippen LogP contribution in [0.15, 0.2) is 0 Å². The maximum Gasteiger partial charge on any atom is 0.225 e. The Hall–Kier alpha value is -0.860. The van der Waals surface area contributed by atoms with E-state index in [0.717, 1.165) is 32.1 Å². The van der Waals surface area contributed by atoms with Gasteiger partial charge in [-0.2, -0.15) is 0 Å². The molecular formula is C10H17NO2. The summed E-state index contributed by atoms with van der Waals surface area (Å²) in [4.78, 5) is 24.1. The second-order valence-corrected chi connectivity index (χ2v) is 3.69. The van der Waals surface area contributed by atoms with Crippen LogP contribution < -0.4 is 0 Å². The molecule has 0 N–H and O–H groups in total. The van der Waals surface area contributed by atoms with Crippen LogP contribution in [0.5, 0.6) is 0 Å². The fourth-order valence-corrected chi connectivity index (χ4v) is 1.67. The Labute approximate surface area is 79.1 Å². The Kier molecular flexibility index (Phi) is 3.46. The highest BCUT2D eigenvalue weighted by Crippen LogP contribution is 2.19. The summed E-state index contributed by atoms with van der Waals surface area (Å²) in [5.74, 6) is 0.192. The second kappa shape index (κ2) is 4.40. The standard InChI is InChI=1S/C10H17NO2/c1-3-8(2)10(13)11-6-4-5-9(11)7-12/h7-9H,3-6H2,1-2H3/t8?,9-/m0/s1. The number of likely N-dealkylation sites (tertiary alicyclic amines) is 1. The van der Waals surface area contributed by atoms with Gasteiger partial charge in [-0.15, -0.1) is 0 Å². The van der Waals surface area contributed by atoms with Crippen molar-refractivity contribution in [2.45, 2.75) is 39.2 Å². The summed E-state index contributed by atoms with van der Waals surface area (Å²) < 4.78 is 0. The quantitative estimate of drug-likeness (QED) is 0.617. The molecule has 1 heterocycles. The molecular weight excluding hydrogens is 166 g/mol. The van der Waals surface area contributed by atoms with Gasteiger partial charge in [0, 0.05) is 12.5 Å². The van der Waals surface area contributed by atoms with E-state index in [0.29, 0.717) is 0 Å². The number of amides is 1. The van der Waals surface area contributed by atoms with Gasteiger partial charge >= 0.3 is 0 Å². The molecule has 3 heteroatoms. The maximum absolute atomic E-state index is 11.7. The molecule has 74 valence electrons. The fraction of sp³-hybridized carbons (Fsp3) is 0.800. The third-order valence-electron chi connectivity index (χ3n) is 2.77. The Morgan fingerprint density at radius 2 is 2.38 bits per heavy atom. The number of carbonyl (C=O) groups is 2. The van der Waals surface area contributed by atoms with Gasteiger partial charge in [0.05, 0.1) is 6.04 Å². The van der Waals surface area contributed by atoms with Crippen molar-refractivity contribution in [3.63, 3.8) is 0 Å². The molecule has 0 aromatic rings. The minimum atomic E-state index is -0.151. The van der Waals surface area contributed by atoms with Crippen LogP contribution >= 0.6 is 0 Å². The first-order chi connectivity index (χ1) is 6.20. The van der Waals surface area contributed by atoms with Gasteiger partial charge < -0.3 is 9.69 Å². The van der Waals surface area contributed by atoms with Crippen LogP contribution in [0.1, 0.15) is 33.1 Å². The predicted molar refractivity (Wildman–Crippen MR) is 50.3 cm³/mol. The van der Waals surface area contributed by atoms with Crippen molar-refractivity contribution >= 4 is 12.2 Å². The van der Waals surface area contributed by atoms with Crippen molar-refractivity contribution in [2.75, 3.05) is 6.54 Å². The zero-order valence-electron chi connectivity index (χ0n) is 8.32. The van der Waals surface area contributed by atoms with Crippen molar-refractivity contribution in [3.05, 3.63) is 0 Å². The molecule has 0 saturated carbocycles. The van der Waals surface area contributed by atoms with Gasteiger partial charge in [-0.1, -0.05) is 13.8 Å². The van der Waals surface area contributed by atoms with Crippen molar-refractivity contribution in [2.24, 2.45) is 5.92 Å². The van der Waals surface area contributed by atoms with Gasteiger partial charge in [0.1, 0.15) is 6.29 Å². The summed E-state index contributed by atoms with van der Waals surface area (Å²) in [5.41, 5.74) is 0. The van der Waals surface area contributed by atoms with E-state index in [1.807, 2.05) is 13.8 Å². The minimum absolute atomic E-state index is 0.0561. The number of hydrogen-bond donors (Lipinski definition) is 0. The lowest BCUT2D eigenvalue weighted by Gasteiger charge is -2.23. The van der Waals surface area contributed by atoms with E-state index in [1.165, 1.54) is 0 Å². The molecule has 1 rings (SSSR count). The van der Waals surface area contributed by atoms with Crippen LogP contribution in [0.3, 0.4) is 0 Å². The predicted octanol–water partition coefficient (Wildman–Crippen LogP) is 1.22. The molecule has 1 amide bonds. The molecule has 3 nitrogen and oxygen atoms in total. The van der Waals surface area contributed by atoms with Crippen molar-refractivity contribution in [1.82, 2.24) is 4.90 Å². The number of carbonyl (C=O) groups excluding carboxylic acids is 2. The van der Waals surface area contributed by atoms with E-state index >= 15 is 0 Å². The average molecular weight is 183 g/mol. The van der Waals surface area contributed by atoms with Crippen LogP contribution in [0.25, 0.3) is 0 Å². The number of rotatable bonds is 3. The van der Waals surface area contributed by atoms with E-state index in [1.54, 1.807) is 4.90 Å². The molecule has 1 fully saturated rings. The molecule has 0 aromatic carbocycles. The Morgan fingerprint density at radius 1 is 1.69 bits per heavy atom. The van der Waals surface area contributed by atoms with Crippen LogP contribution in [0, 0.1) is 5.92 Å². The Balaban J connectivity index is 2.59. The number of hydrogen-bond acceptors (Lipinski definition) is 2. The Bertz CT molecular complexity index is 203. The number of aldehydes is 1. The van der Waals surface area contributed by atoms with E-state index in [9.17, 15) is 9.59 Å². The molecule has 1 aliphatic heterocycles. The van der Waals surface area contributed by atoms with Crippen LogP contribution in [-0.4, -0.2) is 29.7 Å². The molecule has 0 aliphatic carbocycles. The lowest BCUT2D eigenvalue weighted by Crippen LogP contribution is -2.39. The van der Waals surface area contributed by atoms with Gasteiger partial charge in [0.25, 0.3) is 0 Å².